The monoisotopic (exact) mass is 637 g/mol. The molecule has 2 aliphatic rings. The van der Waals surface area contributed by atoms with E-state index in [1.54, 1.807) is 0 Å². The fourth-order valence-corrected chi connectivity index (χ4v) is 8.82. The number of aromatic nitrogens is 1. The lowest BCUT2D eigenvalue weighted by Gasteiger charge is -2.22. The van der Waals surface area contributed by atoms with Gasteiger partial charge < -0.3 is 4.57 Å². The Labute approximate surface area is 292 Å². The molecule has 0 saturated carbocycles. The first-order valence-electron chi connectivity index (χ1n) is 18.2. The van der Waals surface area contributed by atoms with Crippen molar-refractivity contribution < 1.29 is 0 Å². The highest BCUT2D eigenvalue weighted by Crippen LogP contribution is 2.56. The normalized spacial score (nSPS) is 16.2. The fraction of sp³-hybridized carbons (Fsp3) is 0.250. The van der Waals surface area contributed by atoms with Crippen LogP contribution in [0.5, 0.6) is 0 Å². The van der Waals surface area contributed by atoms with E-state index in [0.29, 0.717) is 0 Å². The summed E-state index contributed by atoms with van der Waals surface area (Å²) in [6, 6.07) is 38.9. The van der Waals surface area contributed by atoms with E-state index in [9.17, 15) is 0 Å². The number of hydrogen-bond donors (Lipinski definition) is 0. The number of benzene rings is 5. The molecule has 0 radical (unpaired) electrons. The molecular formula is C48H47N. The van der Waals surface area contributed by atoms with Gasteiger partial charge in [0.1, 0.15) is 0 Å². The molecule has 0 atom stereocenters. The second-order valence-corrected chi connectivity index (χ2v) is 15.1. The van der Waals surface area contributed by atoms with Crippen molar-refractivity contribution in [3.63, 3.8) is 0 Å². The molecule has 0 bridgehead atoms. The number of rotatable bonds is 7. The van der Waals surface area contributed by atoms with E-state index in [0.717, 1.165) is 6.42 Å². The molecule has 1 heterocycles. The van der Waals surface area contributed by atoms with Gasteiger partial charge in [-0.2, -0.15) is 0 Å². The highest BCUT2D eigenvalue weighted by atomic mass is 15.0. The third-order valence-corrected chi connectivity index (χ3v) is 11.7. The first kappa shape index (κ1) is 31.4. The molecule has 0 unspecified atom stereocenters. The van der Waals surface area contributed by atoms with Crippen molar-refractivity contribution in [1.82, 2.24) is 4.57 Å². The van der Waals surface area contributed by atoms with Gasteiger partial charge in [0, 0.05) is 27.3 Å². The Bertz CT molecular complexity index is 2350. The third-order valence-electron chi connectivity index (χ3n) is 11.7. The van der Waals surface area contributed by atoms with Crippen LogP contribution in [0.1, 0.15) is 101 Å². The van der Waals surface area contributed by atoms with E-state index in [2.05, 4.69) is 174 Å². The van der Waals surface area contributed by atoms with Gasteiger partial charge in [0.05, 0.1) is 11.0 Å². The van der Waals surface area contributed by atoms with Crippen LogP contribution in [-0.2, 0) is 10.8 Å². The topological polar surface area (TPSA) is 4.93 Å². The van der Waals surface area contributed by atoms with Gasteiger partial charge in [-0.3, -0.25) is 0 Å². The van der Waals surface area contributed by atoms with Gasteiger partial charge in [0.2, 0.25) is 0 Å². The van der Waals surface area contributed by atoms with Gasteiger partial charge in [-0.25, -0.2) is 0 Å². The molecule has 1 nitrogen and oxygen atoms in total. The van der Waals surface area contributed by atoms with Crippen LogP contribution in [0.25, 0.3) is 49.8 Å². The van der Waals surface area contributed by atoms with Gasteiger partial charge in [-0.1, -0.05) is 150 Å². The van der Waals surface area contributed by atoms with Gasteiger partial charge in [0.15, 0.2) is 0 Å². The Balaban J connectivity index is 1.43. The first-order chi connectivity index (χ1) is 23.7. The van der Waals surface area contributed by atoms with E-state index >= 15 is 0 Å². The van der Waals surface area contributed by atoms with Crippen LogP contribution in [0.3, 0.4) is 0 Å². The fourth-order valence-electron chi connectivity index (χ4n) is 8.82. The molecule has 0 amide bonds. The van der Waals surface area contributed by atoms with Crippen LogP contribution in [0.4, 0.5) is 0 Å². The SMILES string of the molecule is C/C=C\C1=C(C)C(C)(C)c2ccc3c(c21)c1c2c(ccc1n3-c1ccc(/C(=C/CCCC)c3ccccc3)cc1)C(C)(C)c1ccccc1-2. The molecule has 8 rings (SSSR count). The van der Waals surface area contributed by atoms with Gasteiger partial charge in [-0.05, 0) is 100 Å². The summed E-state index contributed by atoms with van der Waals surface area (Å²) in [6.45, 7) is 16.3. The standard InChI is InChI=1S/C48H47N/c1-8-10-12-20-36(32-18-13-11-14-19-32)33-23-25-34(26-24-33)49-41-29-27-39-43(35(17-9-2)31(3)47(39,4)5)45(41)46-42(49)30-28-40-44(46)37-21-15-16-22-38(37)48(40,6)7/h9,11,13-30H,8,10,12H2,1-7H3/b17-9-,36-20+. The highest BCUT2D eigenvalue weighted by molar-refractivity contribution is 6.22. The minimum Gasteiger partial charge on any atom is -0.309 e. The molecule has 0 aliphatic heterocycles. The predicted octanol–water partition coefficient (Wildman–Crippen LogP) is 13.4. The van der Waals surface area contributed by atoms with Crippen LogP contribution >= 0.6 is 0 Å². The van der Waals surface area contributed by atoms with E-state index in [1.165, 1.54) is 102 Å². The zero-order chi connectivity index (χ0) is 34.1. The average Bonchev–Trinajstić information content (AvgIpc) is 3.64. The lowest BCUT2D eigenvalue weighted by molar-refractivity contribution is 0.640. The summed E-state index contributed by atoms with van der Waals surface area (Å²) in [5, 5.41) is 2.76. The quantitative estimate of drug-likeness (QED) is 0.154. The molecule has 0 saturated heterocycles. The predicted molar refractivity (Wildman–Crippen MR) is 212 cm³/mol. The molecule has 6 aromatic rings. The van der Waals surface area contributed by atoms with Gasteiger partial charge >= 0.3 is 0 Å². The molecule has 5 aromatic carbocycles. The lowest BCUT2D eigenvalue weighted by Crippen LogP contribution is -2.15. The summed E-state index contributed by atoms with van der Waals surface area (Å²) in [5.41, 5.74) is 18.7. The second kappa shape index (κ2) is 11.6. The Morgan fingerprint density at radius 1 is 0.653 bits per heavy atom. The summed E-state index contributed by atoms with van der Waals surface area (Å²) >= 11 is 0. The van der Waals surface area contributed by atoms with Crippen molar-refractivity contribution in [2.45, 2.75) is 78.6 Å². The molecule has 0 N–H and O–H groups in total. The second-order valence-electron chi connectivity index (χ2n) is 15.1. The van der Waals surface area contributed by atoms with Crippen LogP contribution in [0.2, 0.25) is 0 Å². The molecular weight excluding hydrogens is 591 g/mol. The molecule has 1 aromatic heterocycles. The Morgan fingerprint density at radius 2 is 1.27 bits per heavy atom. The summed E-state index contributed by atoms with van der Waals surface area (Å²) in [4.78, 5) is 0. The van der Waals surface area contributed by atoms with Crippen LogP contribution < -0.4 is 0 Å². The number of fused-ring (bicyclic) bond motifs is 9. The zero-order valence-electron chi connectivity index (χ0n) is 30.1. The molecule has 0 spiro atoms. The largest absolute Gasteiger partial charge is 0.309 e. The van der Waals surface area contributed by atoms with Crippen LogP contribution in [0, 0.1) is 0 Å². The average molecular weight is 638 g/mol. The number of allylic oxidation sites excluding steroid dienone is 5. The molecule has 49 heavy (non-hydrogen) atoms. The van der Waals surface area contributed by atoms with Gasteiger partial charge in [-0.15, -0.1) is 0 Å². The van der Waals surface area contributed by atoms with E-state index in [1.807, 2.05) is 0 Å². The minimum absolute atomic E-state index is 0.0402. The van der Waals surface area contributed by atoms with Crippen molar-refractivity contribution in [3.05, 3.63) is 160 Å². The highest BCUT2D eigenvalue weighted by Gasteiger charge is 2.40. The van der Waals surface area contributed by atoms with Crippen molar-refractivity contribution >= 4 is 33.0 Å². The van der Waals surface area contributed by atoms with Crippen molar-refractivity contribution in [1.29, 1.82) is 0 Å². The Morgan fingerprint density at radius 3 is 1.94 bits per heavy atom. The molecule has 0 fully saturated rings. The van der Waals surface area contributed by atoms with Crippen LogP contribution in [0.15, 0.2) is 127 Å². The van der Waals surface area contributed by atoms with Crippen molar-refractivity contribution in [3.8, 4) is 16.8 Å². The van der Waals surface area contributed by atoms with E-state index in [-0.39, 0.29) is 10.8 Å². The summed E-state index contributed by atoms with van der Waals surface area (Å²) in [5.74, 6) is 0. The summed E-state index contributed by atoms with van der Waals surface area (Å²) in [7, 11) is 0. The maximum atomic E-state index is 2.53. The maximum absolute atomic E-state index is 2.53. The maximum Gasteiger partial charge on any atom is 0.0547 e. The zero-order valence-corrected chi connectivity index (χ0v) is 30.1. The number of nitrogens with zero attached hydrogens (tertiary/aromatic N) is 1. The molecule has 1 heteroatoms. The Hall–Kier alpha value is -4.88. The van der Waals surface area contributed by atoms with Crippen LogP contribution in [-0.4, -0.2) is 4.57 Å². The van der Waals surface area contributed by atoms with E-state index < -0.39 is 0 Å². The smallest absolute Gasteiger partial charge is 0.0547 e. The number of unbranched alkanes of at least 4 members (excludes halogenated alkanes) is 2. The molecule has 244 valence electrons. The van der Waals surface area contributed by atoms with Crippen molar-refractivity contribution in [2.75, 3.05) is 0 Å². The van der Waals surface area contributed by atoms with Crippen molar-refractivity contribution in [2.24, 2.45) is 0 Å². The Kier molecular flexibility index (Phi) is 7.45. The minimum atomic E-state index is -0.0662. The lowest BCUT2D eigenvalue weighted by atomic mass is 9.81. The summed E-state index contributed by atoms with van der Waals surface area (Å²) in [6.07, 6.45) is 10.5. The molecule has 2 aliphatic carbocycles. The number of hydrogen-bond acceptors (Lipinski definition) is 0. The van der Waals surface area contributed by atoms with E-state index in [4.69, 9.17) is 0 Å². The summed E-state index contributed by atoms with van der Waals surface area (Å²) < 4.78 is 2.53. The van der Waals surface area contributed by atoms with Gasteiger partial charge in [0.25, 0.3) is 0 Å². The third kappa shape index (κ3) is 4.58. The first-order valence-corrected chi connectivity index (χ1v) is 18.2.